The molecule has 0 radical (unpaired) electrons. The van der Waals surface area contributed by atoms with Crippen LogP contribution in [0.2, 0.25) is 0 Å². The van der Waals surface area contributed by atoms with Crippen LogP contribution in [0.15, 0.2) is 0 Å². The van der Waals surface area contributed by atoms with E-state index in [9.17, 15) is 9.90 Å². The van der Waals surface area contributed by atoms with E-state index >= 15 is 0 Å². The Morgan fingerprint density at radius 1 is 1.42 bits per heavy atom. The molecule has 19 heavy (non-hydrogen) atoms. The van der Waals surface area contributed by atoms with Gasteiger partial charge in [0.05, 0.1) is 18.8 Å². The summed E-state index contributed by atoms with van der Waals surface area (Å²) >= 11 is 0. The molecule has 1 aliphatic rings. The molecule has 0 aromatic carbocycles. The molecule has 1 rings (SSSR count). The zero-order chi connectivity index (χ0) is 14.6. The van der Waals surface area contributed by atoms with Crippen LogP contribution in [0, 0.1) is 11.3 Å². The molecule has 1 saturated heterocycles. The van der Waals surface area contributed by atoms with Gasteiger partial charge in [0, 0.05) is 19.5 Å². The lowest BCUT2D eigenvalue weighted by atomic mass is 9.84. The van der Waals surface area contributed by atoms with Crippen molar-refractivity contribution in [2.24, 2.45) is 11.3 Å². The minimum Gasteiger partial charge on any atom is -0.394 e. The molecule has 4 heteroatoms. The van der Waals surface area contributed by atoms with E-state index < -0.39 is 0 Å². The quantitative estimate of drug-likeness (QED) is 0.851. The maximum absolute atomic E-state index is 12.3. The van der Waals surface area contributed by atoms with Crippen molar-refractivity contribution < 1.29 is 14.6 Å². The topological polar surface area (TPSA) is 49.8 Å². The number of carbonyl (C=O) groups excluding carboxylic acids is 1. The lowest BCUT2D eigenvalue weighted by Crippen LogP contribution is -2.50. The largest absolute Gasteiger partial charge is 0.394 e. The smallest absolute Gasteiger partial charge is 0.223 e. The Kier molecular flexibility index (Phi) is 5.81. The molecule has 0 saturated carbocycles. The van der Waals surface area contributed by atoms with Crippen LogP contribution in [-0.4, -0.2) is 47.8 Å². The predicted octanol–water partition coefficient (Wildman–Crippen LogP) is 2.06. The second kappa shape index (κ2) is 6.71. The highest BCUT2D eigenvalue weighted by Gasteiger charge is 2.29. The van der Waals surface area contributed by atoms with Crippen LogP contribution in [0.3, 0.4) is 0 Å². The van der Waals surface area contributed by atoms with E-state index in [2.05, 4.69) is 27.7 Å². The third-order valence-corrected chi connectivity index (χ3v) is 3.37. The van der Waals surface area contributed by atoms with Crippen molar-refractivity contribution in [1.82, 2.24) is 4.90 Å². The van der Waals surface area contributed by atoms with Crippen molar-refractivity contribution >= 4 is 5.91 Å². The van der Waals surface area contributed by atoms with E-state index in [1.807, 2.05) is 11.8 Å². The summed E-state index contributed by atoms with van der Waals surface area (Å²) in [7, 11) is 0. The van der Waals surface area contributed by atoms with E-state index in [1.165, 1.54) is 0 Å². The Morgan fingerprint density at radius 2 is 2.05 bits per heavy atom. The molecule has 1 amide bonds. The van der Waals surface area contributed by atoms with Gasteiger partial charge in [0.15, 0.2) is 0 Å². The average Bonchev–Trinajstić information content (AvgIpc) is 2.25. The first kappa shape index (κ1) is 16.4. The average molecular weight is 271 g/mol. The number of aliphatic hydroxyl groups excluding tert-OH is 1. The highest BCUT2D eigenvalue weighted by atomic mass is 16.5. The first-order valence-electron chi connectivity index (χ1n) is 7.25. The molecule has 3 unspecified atom stereocenters. The van der Waals surface area contributed by atoms with E-state index in [0.717, 1.165) is 6.42 Å². The van der Waals surface area contributed by atoms with Gasteiger partial charge in [0.25, 0.3) is 0 Å². The SMILES string of the molecule is CC(CC(=O)N1CC(C)OC(CO)C1)CC(C)(C)C. The van der Waals surface area contributed by atoms with Gasteiger partial charge >= 0.3 is 0 Å². The number of morpholine rings is 1. The molecule has 4 nitrogen and oxygen atoms in total. The van der Waals surface area contributed by atoms with Gasteiger partial charge in [-0.15, -0.1) is 0 Å². The minimum absolute atomic E-state index is 0.00720. The van der Waals surface area contributed by atoms with Crippen LogP contribution in [0.1, 0.15) is 47.5 Å². The Labute approximate surface area is 117 Å². The van der Waals surface area contributed by atoms with Crippen molar-refractivity contribution in [2.75, 3.05) is 19.7 Å². The normalized spacial score (nSPS) is 26.3. The third kappa shape index (κ3) is 5.91. The second-order valence-corrected chi connectivity index (χ2v) is 7.12. The maximum atomic E-state index is 12.3. The van der Waals surface area contributed by atoms with Crippen LogP contribution >= 0.6 is 0 Å². The third-order valence-electron chi connectivity index (χ3n) is 3.37. The lowest BCUT2D eigenvalue weighted by molar-refractivity contribution is -0.148. The number of ether oxygens (including phenoxy) is 1. The van der Waals surface area contributed by atoms with Gasteiger partial charge in [-0.1, -0.05) is 27.7 Å². The van der Waals surface area contributed by atoms with Crippen LogP contribution in [0.25, 0.3) is 0 Å². The van der Waals surface area contributed by atoms with Crippen LogP contribution < -0.4 is 0 Å². The maximum Gasteiger partial charge on any atom is 0.223 e. The van der Waals surface area contributed by atoms with Gasteiger partial charge < -0.3 is 14.7 Å². The molecular formula is C15H29NO3. The van der Waals surface area contributed by atoms with E-state index in [-0.39, 0.29) is 30.1 Å². The van der Waals surface area contributed by atoms with Gasteiger partial charge in [-0.2, -0.15) is 0 Å². The van der Waals surface area contributed by atoms with Crippen LogP contribution in [-0.2, 0) is 9.53 Å². The fourth-order valence-electron chi connectivity index (χ4n) is 2.89. The van der Waals surface area contributed by atoms with E-state index in [0.29, 0.717) is 25.4 Å². The van der Waals surface area contributed by atoms with E-state index in [1.54, 1.807) is 0 Å². The zero-order valence-corrected chi connectivity index (χ0v) is 13.0. The summed E-state index contributed by atoms with van der Waals surface area (Å²) in [6.07, 6.45) is 1.41. The Balaban J connectivity index is 2.48. The van der Waals surface area contributed by atoms with Crippen molar-refractivity contribution in [3.05, 3.63) is 0 Å². The van der Waals surface area contributed by atoms with Crippen molar-refractivity contribution in [1.29, 1.82) is 0 Å². The summed E-state index contributed by atoms with van der Waals surface area (Å²) in [6, 6.07) is 0. The Hall–Kier alpha value is -0.610. The molecule has 0 aromatic heterocycles. The number of aliphatic hydroxyl groups is 1. The molecule has 3 atom stereocenters. The molecular weight excluding hydrogens is 242 g/mol. The number of hydrogen-bond donors (Lipinski definition) is 1. The Morgan fingerprint density at radius 3 is 2.58 bits per heavy atom. The molecule has 1 aliphatic heterocycles. The highest BCUT2D eigenvalue weighted by molar-refractivity contribution is 5.76. The number of carbonyl (C=O) groups is 1. The molecule has 1 fully saturated rings. The summed E-state index contributed by atoms with van der Waals surface area (Å²) in [4.78, 5) is 14.1. The van der Waals surface area contributed by atoms with Crippen molar-refractivity contribution in [3.8, 4) is 0 Å². The first-order chi connectivity index (χ1) is 8.71. The molecule has 1 N–H and O–H groups in total. The van der Waals surface area contributed by atoms with Gasteiger partial charge in [0.1, 0.15) is 0 Å². The van der Waals surface area contributed by atoms with Gasteiger partial charge in [0.2, 0.25) is 5.91 Å². The first-order valence-corrected chi connectivity index (χ1v) is 7.25. The summed E-state index contributed by atoms with van der Waals surface area (Å²) < 4.78 is 5.56. The van der Waals surface area contributed by atoms with Crippen molar-refractivity contribution in [3.63, 3.8) is 0 Å². The van der Waals surface area contributed by atoms with Crippen LogP contribution in [0.4, 0.5) is 0 Å². The summed E-state index contributed by atoms with van der Waals surface area (Å²) in [5.74, 6) is 0.573. The molecule has 0 spiro atoms. The second-order valence-electron chi connectivity index (χ2n) is 7.12. The fraction of sp³-hybridized carbons (Fsp3) is 0.933. The van der Waals surface area contributed by atoms with Crippen molar-refractivity contribution in [2.45, 2.75) is 59.7 Å². The minimum atomic E-state index is -0.231. The monoisotopic (exact) mass is 271 g/mol. The number of amides is 1. The number of hydrogen-bond acceptors (Lipinski definition) is 3. The van der Waals surface area contributed by atoms with E-state index in [4.69, 9.17) is 4.74 Å². The molecule has 0 aliphatic carbocycles. The zero-order valence-electron chi connectivity index (χ0n) is 13.0. The Bertz CT molecular complexity index is 298. The number of nitrogens with zero attached hydrogens (tertiary/aromatic N) is 1. The van der Waals surface area contributed by atoms with Gasteiger partial charge in [-0.3, -0.25) is 4.79 Å². The molecule has 112 valence electrons. The summed E-state index contributed by atoms with van der Waals surface area (Å²) in [6.45, 7) is 11.8. The number of rotatable bonds is 4. The molecule has 0 aromatic rings. The standard InChI is InChI=1S/C15H29NO3/c1-11(7-15(3,4)5)6-14(18)16-8-12(2)19-13(9-16)10-17/h11-13,17H,6-10H2,1-5H3. The van der Waals surface area contributed by atoms with Crippen LogP contribution in [0.5, 0.6) is 0 Å². The lowest BCUT2D eigenvalue weighted by Gasteiger charge is -2.36. The summed E-state index contributed by atoms with van der Waals surface area (Å²) in [5.41, 5.74) is 0.256. The van der Waals surface area contributed by atoms with Gasteiger partial charge in [-0.25, -0.2) is 0 Å². The molecule has 1 heterocycles. The molecule has 0 bridgehead atoms. The van der Waals surface area contributed by atoms with Gasteiger partial charge in [-0.05, 0) is 24.7 Å². The highest BCUT2D eigenvalue weighted by Crippen LogP contribution is 2.26. The summed E-state index contributed by atoms with van der Waals surface area (Å²) in [5, 5.41) is 9.18. The fourth-order valence-corrected chi connectivity index (χ4v) is 2.89. The predicted molar refractivity (Wildman–Crippen MR) is 75.9 cm³/mol.